The summed E-state index contributed by atoms with van der Waals surface area (Å²) in [4.78, 5) is 28.7. The molecule has 4 aliphatic carbocycles. The number of nitrogens with one attached hydrogen (secondary N) is 2. The minimum absolute atomic E-state index is 0.0262. The summed E-state index contributed by atoms with van der Waals surface area (Å²) in [7, 11) is 7.50. The van der Waals surface area contributed by atoms with Crippen LogP contribution in [0.4, 0.5) is 0 Å². The molecule has 17 unspecified atom stereocenters. The van der Waals surface area contributed by atoms with Crippen LogP contribution in [-0.2, 0) is 22.2 Å². The van der Waals surface area contributed by atoms with Gasteiger partial charge in [-0.05, 0) is 297 Å². The molecule has 0 radical (unpaired) electrons. The van der Waals surface area contributed by atoms with Crippen LogP contribution in [0.3, 0.4) is 0 Å². The zero-order valence-corrected chi connectivity index (χ0v) is 67.7. The van der Waals surface area contributed by atoms with Gasteiger partial charge < -0.3 is 41.3 Å². The van der Waals surface area contributed by atoms with Crippen LogP contribution in [0.2, 0.25) is 0 Å². The lowest BCUT2D eigenvalue weighted by atomic mass is 9.58. The molecule has 0 saturated heterocycles. The first-order chi connectivity index (χ1) is 47.5. The molecule has 0 spiro atoms. The Bertz CT molecular complexity index is 2870. The third-order valence-corrected chi connectivity index (χ3v) is 22.1. The number of aliphatic imine (C=N–C) groups is 1. The van der Waals surface area contributed by atoms with Crippen molar-refractivity contribution in [3.05, 3.63) is 148 Å². The van der Waals surface area contributed by atoms with E-state index in [0.29, 0.717) is 43.9 Å². The number of hydrogen-bond acceptors (Lipinski definition) is 11. The first-order valence-corrected chi connectivity index (χ1v) is 39.6. The van der Waals surface area contributed by atoms with E-state index >= 15 is 0 Å². The van der Waals surface area contributed by atoms with Crippen molar-refractivity contribution in [3.63, 3.8) is 0 Å². The normalized spacial score (nSPS) is 24.2. The van der Waals surface area contributed by atoms with Crippen molar-refractivity contribution in [2.24, 2.45) is 76.0 Å². The lowest BCUT2D eigenvalue weighted by Crippen LogP contribution is -2.51. The number of nitrogens with zero attached hydrogens (tertiary/aromatic N) is 1. The second-order valence-electron chi connectivity index (χ2n) is 30.3. The van der Waals surface area contributed by atoms with Crippen LogP contribution in [0, 0.1) is 84.9 Å². The molecule has 0 aromatic heterocycles. The number of Topliss-reactive ketones (excluding diaryl/α,β-unsaturated/α-hetero) is 2. The minimum atomic E-state index is -0.799. The summed E-state index contributed by atoms with van der Waals surface area (Å²) in [5, 5.41) is 71.2. The quantitative estimate of drug-likeness (QED) is 0.0182. The molecule has 0 bridgehead atoms. The van der Waals surface area contributed by atoms with Crippen molar-refractivity contribution in [2.75, 3.05) is 47.7 Å². The highest BCUT2D eigenvalue weighted by molar-refractivity contribution is 7.57. The highest BCUT2D eigenvalue weighted by atomic mass is 32.1. The van der Waals surface area contributed by atoms with Crippen molar-refractivity contribution in [3.8, 4) is 0 Å². The SMILES string of the molecule is C=C(C)CC(CCC(C)C(=C)C)c1cc(C)c(C)c(C(=C)CC(C(=C)CCC)C(CC2CC(CCO)C(O)C(C)C2CC2CC(CO)C(O)C(CC(=C)C)C2O)C2=CCC=N2)c1.CC.CCC(C)C(=O)CC(CCCCC1=CC(C2=CC(C(C)=O)=CC2)=CC1)C(C)O.CNC.CNC.C[SH2+]. The summed E-state index contributed by atoms with van der Waals surface area (Å²) in [6.07, 6.45) is 29.9. The standard InChI is InChI=1S/C56H87NO5.C25H36O3.2C2H7N.C2H6.CH4S/c1-14-16-37(9)49(26-39(11)48-29-44(25-38(10)40(48)12)42(23-33(2)3)19-18-36(8)35(6)7)51(53-17-15-21-57-53)30-45-27-43(20-22-58)54(60)41(13)50(45)31-46-28-47(32-59)56(62)52(55(46)61)24-34(4)5;1-5-17(2)25(28)16-21(18(3)26)9-7-6-8-20-10-11-23(14-20)24-13-12-22(15-24)19(4)27;2*1-3-2;2*1-2/h17,21,25,29,36,41-43,45-47,49-52,54-56,58-62H,2,4,6,9,11,14-16,18-20,22-24,26-28,30-32H2,1,3,5,7-8,10,12-13H3;11-12,14-15,17-18,21,26H,5-10,13,16H2,1-4H3;2*3H,1-2H3;1-2H3;2H,1H3/p+1. The second kappa shape index (κ2) is 50.2. The lowest BCUT2D eigenvalue weighted by Gasteiger charge is -2.49. The zero-order valence-electron chi connectivity index (χ0n) is 66.7. The van der Waals surface area contributed by atoms with E-state index in [2.05, 4.69) is 122 Å². The molecule has 1 aliphatic heterocycles. The van der Waals surface area contributed by atoms with E-state index < -0.39 is 30.3 Å². The third kappa shape index (κ3) is 30.4. The molecule has 12 heteroatoms. The third-order valence-electron chi connectivity index (χ3n) is 22.1. The van der Waals surface area contributed by atoms with Gasteiger partial charge in [0.25, 0.3) is 0 Å². The monoisotopic (exact) mass is 1410 g/mol. The Balaban J connectivity index is 0.00000109. The van der Waals surface area contributed by atoms with Crippen LogP contribution in [0.5, 0.6) is 0 Å². The van der Waals surface area contributed by atoms with Gasteiger partial charge in [0.05, 0.1) is 30.7 Å². The van der Waals surface area contributed by atoms with Gasteiger partial charge >= 0.3 is 0 Å². The number of rotatable bonds is 36. The summed E-state index contributed by atoms with van der Waals surface area (Å²) in [5.41, 5.74) is 16.7. The maximum Gasteiger partial charge on any atom is 0.159 e. The Labute approximate surface area is 617 Å². The Kier molecular flexibility index (Phi) is 47.0. The van der Waals surface area contributed by atoms with Crippen molar-refractivity contribution < 1.29 is 40.2 Å². The van der Waals surface area contributed by atoms with Gasteiger partial charge in [-0.1, -0.05) is 145 Å². The molecular formula is C88H148N3O8S+. The average Bonchev–Trinajstić information content (AvgIpc) is 0.925. The molecule has 2 fully saturated rings. The van der Waals surface area contributed by atoms with Crippen molar-refractivity contribution >= 4 is 36.0 Å². The van der Waals surface area contributed by atoms with Crippen molar-refractivity contribution in [2.45, 2.75) is 262 Å². The molecule has 0 amide bonds. The molecule has 11 nitrogen and oxygen atoms in total. The fourth-order valence-corrected chi connectivity index (χ4v) is 15.7. The van der Waals surface area contributed by atoms with Crippen LogP contribution in [0.1, 0.15) is 246 Å². The number of allylic oxidation sites excluding steroid dienone is 15. The zero-order chi connectivity index (χ0) is 76.1. The number of carbonyl (C=O) groups is 2. The summed E-state index contributed by atoms with van der Waals surface area (Å²) >= 11 is 2.97. The van der Waals surface area contributed by atoms with E-state index in [1.807, 2.05) is 88.1 Å². The van der Waals surface area contributed by atoms with Crippen LogP contribution in [-0.4, -0.2) is 120 Å². The smallest absolute Gasteiger partial charge is 0.159 e. The molecule has 2 saturated carbocycles. The largest absolute Gasteiger partial charge is 0.396 e. The molecule has 5 aliphatic rings. The van der Waals surface area contributed by atoms with E-state index in [4.69, 9.17) is 18.2 Å². The molecular weight excluding hydrogens is 1260 g/mol. The molecule has 17 atom stereocenters. The Morgan fingerprint density at radius 1 is 0.740 bits per heavy atom. The van der Waals surface area contributed by atoms with Crippen LogP contribution >= 0.6 is 0 Å². The summed E-state index contributed by atoms with van der Waals surface area (Å²) in [6.45, 7) is 51.0. The van der Waals surface area contributed by atoms with Gasteiger partial charge in [0.1, 0.15) is 5.78 Å². The molecule has 8 N–H and O–H groups in total. The molecule has 6 rings (SSSR count). The number of carbonyl (C=O) groups excluding carboxylic acids is 2. The van der Waals surface area contributed by atoms with Crippen LogP contribution in [0.15, 0.2) is 131 Å². The molecule has 100 heavy (non-hydrogen) atoms. The van der Waals surface area contributed by atoms with E-state index in [1.54, 1.807) is 13.2 Å². The Morgan fingerprint density at radius 2 is 1.37 bits per heavy atom. The van der Waals surface area contributed by atoms with Crippen molar-refractivity contribution in [1.82, 2.24) is 10.6 Å². The predicted molar refractivity (Wildman–Crippen MR) is 434 cm³/mol. The molecule has 1 aromatic carbocycles. The summed E-state index contributed by atoms with van der Waals surface area (Å²) in [5.74, 6) is 0.865. The van der Waals surface area contributed by atoms with E-state index in [-0.39, 0.29) is 84.0 Å². The van der Waals surface area contributed by atoms with Gasteiger partial charge in [-0.25, -0.2) is 0 Å². The predicted octanol–water partition coefficient (Wildman–Crippen LogP) is 18.0. The first kappa shape index (κ1) is 93.7. The Hall–Kier alpha value is -4.34. The topological polar surface area (TPSA) is 192 Å². The van der Waals surface area contributed by atoms with Gasteiger partial charge in [0.2, 0.25) is 0 Å². The van der Waals surface area contributed by atoms with Crippen LogP contribution < -0.4 is 10.6 Å². The minimum Gasteiger partial charge on any atom is -0.396 e. The van der Waals surface area contributed by atoms with Crippen molar-refractivity contribution in [1.29, 1.82) is 0 Å². The van der Waals surface area contributed by atoms with E-state index in [1.165, 1.54) is 55.7 Å². The van der Waals surface area contributed by atoms with E-state index in [0.717, 1.165) is 125 Å². The fraction of sp³-hybridized carbons (Fsp3) is 0.670. The maximum absolute atomic E-state index is 12.2. The number of hydrogen-bond donors (Lipinski definition) is 8. The number of benzene rings is 1. The maximum atomic E-state index is 12.2. The molecule has 1 aromatic rings. The average molecular weight is 1410 g/mol. The summed E-state index contributed by atoms with van der Waals surface area (Å²) in [6, 6.07) is 4.80. The first-order valence-electron chi connectivity index (χ1n) is 38.6. The number of ketones is 2. The highest BCUT2D eigenvalue weighted by Gasteiger charge is 2.49. The molecule has 1 heterocycles. The van der Waals surface area contributed by atoms with Crippen LogP contribution in [0.25, 0.3) is 5.57 Å². The number of aliphatic hydroxyl groups is 6. The van der Waals surface area contributed by atoms with E-state index in [9.17, 15) is 40.2 Å². The molecule has 568 valence electrons. The summed E-state index contributed by atoms with van der Waals surface area (Å²) < 4.78 is 0. The van der Waals surface area contributed by atoms with Gasteiger partial charge in [-0.15, -0.1) is 13.2 Å². The van der Waals surface area contributed by atoms with Gasteiger partial charge in [0.15, 0.2) is 5.78 Å². The van der Waals surface area contributed by atoms with Gasteiger partial charge in [-0.2, -0.15) is 0 Å². The number of unbranched alkanes of at least 4 members (excludes halogenated alkanes) is 1. The van der Waals surface area contributed by atoms with Gasteiger partial charge in [0, 0.05) is 67.2 Å². The number of aryl methyl sites for hydroxylation is 1. The fourth-order valence-electron chi connectivity index (χ4n) is 15.7. The highest BCUT2D eigenvalue weighted by Crippen LogP contribution is 2.52. The Morgan fingerprint density at radius 3 is 1.90 bits per heavy atom. The second-order valence-corrected chi connectivity index (χ2v) is 30.3. The van der Waals surface area contributed by atoms with Gasteiger partial charge in [-0.3, -0.25) is 14.6 Å². The number of aliphatic hydroxyl groups excluding tert-OH is 6. The lowest BCUT2D eigenvalue weighted by molar-refractivity contribution is -0.124.